The van der Waals surface area contributed by atoms with Gasteiger partial charge in [0, 0.05) is 36.3 Å². The summed E-state index contributed by atoms with van der Waals surface area (Å²) in [7, 11) is -2.23. The number of benzene rings is 2. The topological polar surface area (TPSA) is 48.2 Å². The Morgan fingerprint density at radius 3 is 2.22 bits per heavy atom. The minimum absolute atomic E-state index is 0. The van der Waals surface area contributed by atoms with Crippen LogP contribution in [0.2, 0.25) is 0 Å². The van der Waals surface area contributed by atoms with Crippen LogP contribution >= 0.6 is 22.6 Å². The number of nitrogens with zero attached hydrogens (tertiary/aromatic N) is 1. The first kappa shape index (κ1) is 18.4. The predicted octanol–water partition coefficient (Wildman–Crippen LogP) is 3.58. The fourth-order valence-electron chi connectivity index (χ4n) is 1.57. The van der Waals surface area contributed by atoms with Gasteiger partial charge in [-0.05, 0) is 45.5 Å². The van der Waals surface area contributed by atoms with E-state index in [9.17, 15) is 8.42 Å². The summed E-state index contributed by atoms with van der Waals surface area (Å²) in [5, 5.41) is 1.66. The third-order valence-electron chi connectivity index (χ3n) is 2.35. The smallest absolute Gasteiger partial charge is 0.101 e. The largest absolute Gasteiger partial charge is 0.547 e. The van der Waals surface area contributed by atoms with Gasteiger partial charge in [0.25, 0.3) is 0 Å². The quantitative estimate of drug-likeness (QED) is 0.519. The standard InChI is InChI=1S/C11H9INO2S.CH3.Y/c1-13-16(14,15)11-7-3-4-8-9(11)5-2-6-10(8)12;;/h2-7H,1H3;1H3;/q2*-1;. The molecule has 2 rings (SSSR count). The molecular weight excluding hydrogens is 438 g/mol. The molecule has 18 heavy (non-hydrogen) atoms. The second kappa shape index (κ2) is 7.29. The van der Waals surface area contributed by atoms with Crippen molar-refractivity contribution in [3.63, 3.8) is 0 Å². The van der Waals surface area contributed by atoms with Gasteiger partial charge in [-0.2, -0.15) is 7.05 Å². The monoisotopic (exact) mass is 450 g/mol. The minimum atomic E-state index is -3.52. The molecule has 0 heterocycles. The molecule has 0 saturated carbocycles. The zero-order valence-electron chi connectivity index (χ0n) is 10.1. The third kappa shape index (κ3) is 3.51. The zero-order valence-corrected chi connectivity index (χ0v) is 15.9. The Balaban J connectivity index is 0.00000144. The number of fused-ring (bicyclic) bond motifs is 1. The van der Waals surface area contributed by atoms with Gasteiger partial charge in [-0.3, -0.25) is 0 Å². The Morgan fingerprint density at radius 1 is 1.06 bits per heavy atom. The summed E-state index contributed by atoms with van der Waals surface area (Å²) < 4.78 is 28.0. The molecule has 6 heteroatoms. The van der Waals surface area contributed by atoms with E-state index in [1.807, 2.05) is 18.2 Å². The van der Waals surface area contributed by atoms with E-state index in [0.717, 1.165) is 14.3 Å². The van der Waals surface area contributed by atoms with E-state index in [1.54, 1.807) is 18.2 Å². The van der Waals surface area contributed by atoms with E-state index in [2.05, 4.69) is 27.3 Å². The van der Waals surface area contributed by atoms with Gasteiger partial charge in [0.05, 0.1) is 4.90 Å². The van der Waals surface area contributed by atoms with Gasteiger partial charge in [0.1, 0.15) is 10.0 Å². The van der Waals surface area contributed by atoms with Crippen LogP contribution in [0.15, 0.2) is 41.3 Å². The van der Waals surface area contributed by atoms with Gasteiger partial charge in [-0.25, -0.2) is 8.42 Å². The van der Waals surface area contributed by atoms with Crippen LogP contribution in [0.25, 0.3) is 15.5 Å². The van der Waals surface area contributed by atoms with E-state index >= 15 is 0 Å². The fraction of sp³-hybridized carbons (Fsp3) is 0.0833. The maximum absolute atomic E-state index is 11.8. The first-order chi connectivity index (χ1) is 7.56. The first-order valence-electron chi connectivity index (χ1n) is 4.59. The molecule has 0 saturated heterocycles. The molecule has 95 valence electrons. The van der Waals surface area contributed by atoms with E-state index in [0.29, 0.717) is 0 Å². The van der Waals surface area contributed by atoms with E-state index in [1.165, 1.54) is 7.05 Å². The van der Waals surface area contributed by atoms with Crippen molar-refractivity contribution in [3.05, 3.63) is 52.1 Å². The molecule has 0 aliphatic carbocycles. The van der Waals surface area contributed by atoms with Crippen LogP contribution in [-0.2, 0) is 42.7 Å². The van der Waals surface area contributed by atoms with Gasteiger partial charge < -0.3 is 12.1 Å². The van der Waals surface area contributed by atoms with Crippen LogP contribution in [0.4, 0.5) is 0 Å². The van der Waals surface area contributed by atoms with Gasteiger partial charge in [0.15, 0.2) is 0 Å². The fourth-order valence-corrected chi connectivity index (χ4v) is 3.15. The average molecular weight is 450 g/mol. The number of sulfonamides is 1. The minimum Gasteiger partial charge on any atom is -0.547 e. The molecule has 0 aliphatic heterocycles. The van der Waals surface area contributed by atoms with Crippen LogP contribution in [-0.4, -0.2) is 15.5 Å². The molecule has 0 aromatic heterocycles. The van der Waals surface area contributed by atoms with Gasteiger partial charge in [0.2, 0.25) is 0 Å². The normalized spacial score (nSPS) is 10.6. The van der Waals surface area contributed by atoms with Gasteiger partial charge in [-0.15, -0.1) is 0 Å². The van der Waals surface area contributed by atoms with Crippen molar-refractivity contribution in [3.8, 4) is 0 Å². The van der Waals surface area contributed by atoms with E-state index in [4.69, 9.17) is 0 Å². The van der Waals surface area contributed by atoms with E-state index in [-0.39, 0.29) is 45.0 Å². The van der Waals surface area contributed by atoms with Gasteiger partial charge >= 0.3 is 0 Å². The Kier molecular flexibility index (Phi) is 7.47. The summed E-state index contributed by atoms with van der Waals surface area (Å²) in [6.07, 6.45) is 0. The molecule has 0 fully saturated rings. The van der Waals surface area contributed by atoms with Crippen LogP contribution in [0, 0.1) is 11.0 Å². The van der Waals surface area contributed by atoms with Crippen LogP contribution in [0.1, 0.15) is 0 Å². The maximum atomic E-state index is 11.8. The van der Waals surface area contributed by atoms with Crippen molar-refractivity contribution in [2.45, 2.75) is 4.90 Å². The van der Waals surface area contributed by atoms with Crippen LogP contribution in [0.3, 0.4) is 0 Å². The molecule has 0 spiro atoms. The van der Waals surface area contributed by atoms with Crippen molar-refractivity contribution in [2.24, 2.45) is 0 Å². The Bertz CT molecular complexity index is 644. The molecular formula is C12H12INO2SY-2. The second-order valence-electron chi connectivity index (χ2n) is 3.25. The molecule has 0 aliphatic rings. The Labute approximate surface area is 147 Å². The van der Waals surface area contributed by atoms with Crippen molar-refractivity contribution >= 4 is 43.4 Å². The summed E-state index contributed by atoms with van der Waals surface area (Å²) in [6.45, 7) is 0. The molecule has 1 radical (unpaired) electrons. The van der Waals surface area contributed by atoms with Crippen LogP contribution in [0.5, 0.6) is 0 Å². The van der Waals surface area contributed by atoms with Gasteiger partial charge in [-0.1, -0.05) is 24.3 Å². The zero-order chi connectivity index (χ0) is 11.8. The summed E-state index contributed by atoms with van der Waals surface area (Å²) in [6, 6.07) is 10.8. The number of hydrogen-bond donors (Lipinski definition) is 0. The number of hydrogen-bond acceptors (Lipinski definition) is 2. The Morgan fingerprint density at radius 2 is 1.61 bits per heavy atom. The number of rotatable bonds is 2. The predicted molar refractivity (Wildman–Crippen MR) is 79.5 cm³/mol. The van der Waals surface area contributed by atoms with Crippen molar-refractivity contribution < 1.29 is 41.1 Å². The second-order valence-corrected chi connectivity index (χ2v) is 6.17. The summed E-state index contributed by atoms with van der Waals surface area (Å²) >= 11 is 2.19. The molecule has 0 unspecified atom stereocenters. The summed E-state index contributed by atoms with van der Waals surface area (Å²) in [4.78, 5) is 0.269. The maximum Gasteiger partial charge on any atom is 0.101 e. The molecule has 0 N–H and O–H groups in total. The summed E-state index contributed by atoms with van der Waals surface area (Å²) in [5.41, 5.74) is 0. The van der Waals surface area contributed by atoms with Crippen molar-refractivity contribution in [1.29, 1.82) is 0 Å². The molecule has 2 aromatic carbocycles. The first-order valence-corrected chi connectivity index (χ1v) is 7.11. The third-order valence-corrected chi connectivity index (χ3v) is 4.68. The molecule has 0 amide bonds. The molecule has 0 atom stereocenters. The molecule has 3 nitrogen and oxygen atoms in total. The van der Waals surface area contributed by atoms with Crippen LogP contribution < -0.4 is 0 Å². The molecule has 2 aromatic rings. The van der Waals surface area contributed by atoms with E-state index < -0.39 is 10.0 Å². The summed E-state index contributed by atoms with van der Waals surface area (Å²) in [5.74, 6) is 0. The van der Waals surface area contributed by atoms with Crippen molar-refractivity contribution in [1.82, 2.24) is 0 Å². The Hall–Kier alpha value is 0.444. The molecule has 0 bridgehead atoms. The average Bonchev–Trinajstić information content (AvgIpc) is 2.29. The SMILES string of the molecule is C[N-]S(=O)(=O)c1cccc2c(I)cccc12.[CH3-].[Y]. The van der Waals surface area contributed by atoms with Crippen molar-refractivity contribution in [2.75, 3.05) is 7.05 Å². The number of halogens is 1.